The molecule has 0 fully saturated rings. The summed E-state index contributed by atoms with van der Waals surface area (Å²) in [7, 11) is 0. The fourth-order valence-corrected chi connectivity index (χ4v) is 2.44. The van der Waals surface area contributed by atoms with Crippen LogP contribution in [0.15, 0.2) is 42.7 Å². The van der Waals surface area contributed by atoms with E-state index in [0.717, 1.165) is 6.07 Å². The Kier molecular flexibility index (Phi) is 5.08. The Bertz CT molecular complexity index is 851. The van der Waals surface area contributed by atoms with Crippen molar-refractivity contribution in [1.29, 1.82) is 0 Å². The molecule has 0 spiro atoms. The summed E-state index contributed by atoms with van der Waals surface area (Å²) >= 11 is 0. The van der Waals surface area contributed by atoms with Crippen LogP contribution in [0.2, 0.25) is 0 Å². The summed E-state index contributed by atoms with van der Waals surface area (Å²) in [6.45, 7) is 0.465. The van der Waals surface area contributed by atoms with Gasteiger partial charge in [0.25, 0.3) is 0 Å². The molecule has 0 saturated heterocycles. The van der Waals surface area contributed by atoms with E-state index in [1.54, 1.807) is 17.1 Å². The second kappa shape index (κ2) is 7.43. The Morgan fingerprint density at radius 1 is 1.04 bits per heavy atom. The van der Waals surface area contributed by atoms with Gasteiger partial charge in [0, 0.05) is 24.8 Å². The van der Waals surface area contributed by atoms with Gasteiger partial charge in [-0.2, -0.15) is 0 Å². The van der Waals surface area contributed by atoms with Gasteiger partial charge in [0.15, 0.2) is 11.6 Å². The van der Waals surface area contributed by atoms with Crippen LogP contribution in [0.1, 0.15) is 12.0 Å². The summed E-state index contributed by atoms with van der Waals surface area (Å²) in [5.74, 6) is -3.09. The molecule has 0 radical (unpaired) electrons. The molecule has 1 aromatic carbocycles. The molecule has 3 aromatic rings. The average molecular weight is 347 g/mol. The van der Waals surface area contributed by atoms with Crippen molar-refractivity contribution in [2.24, 2.45) is 5.73 Å². The molecule has 1 unspecified atom stereocenters. The van der Waals surface area contributed by atoms with Gasteiger partial charge in [-0.25, -0.2) is 13.2 Å². The van der Waals surface area contributed by atoms with Crippen LogP contribution in [0.4, 0.5) is 13.2 Å². The fraction of sp³-hybridized carbons (Fsp3) is 0.235. The molecule has 2 heterocycles. The highest BCUT2D eigenvalue weighted by Crippen LogP contribution is 2.16. The largest absolute Gasteiger partial charge is 0.327 e. The first kappa shape index (κ1) is 17.1. The summed E-state index contributed by atoms with van der Waals surface area (Å²) in [5.41, 5.74) is 7.38. The zero-order valence-corrected chi connectivity index (χ0v) is 13.2. The van der Waals surface area contributed by atoms with Crippen LogP contribution in [0.25, 0.3) is 11.4 Å². The monoisotopic (exact) mass is 347 g/mol. The van der Waals surface area contributed by atoms with Gasteiger partial charge in [-0.15, -0.1) is 5.10 Å². The molecule has 0 bridgehead atoms. The van der Waals surface area contributed by atoms with E-state index in [0.29, 0.717) is 30.4 Å². The van der Waals surface area contributed by atoms with Crippen molar-refractivity contribution in [2.45, 2.75) is 25.4 Å². The number of nitrogens with two attached hydrogens (primary N) is 1. The first-order chi connectivity index (χ1) is 12.0. The van der Waals surface area contributed by atoms with Gasteiger partial charge in [-0.1, -0.05) is 11.3 Å². The quantitative estimate of drug-likeness (QED) is 0.696. The van der Waals surface area contributed by atoms with Crippen LogP contribution in [-0.4, -0.2) is 26.0 Å². The van der Waals surface area contributed by atoms with Gasteiger partial charge in [0.1, 0.15) is 11.5 Å². The number of aryl methyl sites for hydroxylation is 1. The minimum absolute atomic E-state index is 0.0548. The van der Waals surface area contributed by atoms with Crippen LogP contribution in [-0.2, 0) is 13.0 Å². The standard InChI is InChI=1S/C17H16F3N5/c18-13-9-15(20)14(19)8-11(13)7-12(21)4-6-25-10-17(23-24-25)16-3-1-2-5-22-16/h1-3,5,8-10,12H,4,6-7,21H2. The van der Waals surface area contributed by atoms with E-state index in [9.17, 15) is 13.2 Å². The molecule has 3 rings (SSSR count). The lowest BCUT2D eigenvalue weighted by molar-refractivity contribution is 0.473. The highest BCUT2D eigenvalue weighted by atomic mass is 19.2. The van der Waals surface area contributed by atoms with E-state index in [2.05, 4.69) is 15.3 Å². The summed E-state index contributed by atoms with van der Waals surface area (Å²) in [6, 6.07) is 6.44. The Morgan fingerprint density at radius 3 is 2.60 bits per heavy atom. The molecule has 0 amide bonds. The Morgan fingerprint density at radius 2 is 1.84 bits per heavy atom. The van der Waals surface area contributed by atoms with Crippen molar-refractivity contribution in [3.63, 3.8) is 0 Å². The van der Waals surface area contributed by atoms with Gasteiger partial charge in [-0.05, 0) is 36.6 Å². The third-order valence-corrected chi connectivity index (χ3v) is 3.77. The molecular formula is C17H16F3N5. The molecule has 2 aromatic heterocycles. The van der Waals surface area contributed by atoms with E-state index >= 15 is 0 Å². The minimum Gasteiger partial charge on any atom is -0.327 e. The molecule has 1 atom stereocenters. The molecular weight excluding hydrogens is 331 g/mol. The number of hydrogen-bond acceptors (Lipinski definition) is 4. The van der Waals surface area contributed by atoms with Crippen molar-refractivity contribution in [1.82, 2.24) is 20.0 Å². The van der Waals surface area contributed by atoms with Crippen molar-refractivity contribution in [3.8, 4) is 11.4 Å². The first-order valence-electron chi connectivity index (χ1n) is 7.73. The summed E-state index contributed by atoms with van der Waals surface area (Å²) in [5, 5.41) is 8.04. The molecule has 2 N–H and O–H groups in total. The Hall–Kier alpha value is -2.74. The van der Waals surface area contributed by atoms with Gasteiger partial charge in [-0.3, -0.25) is 9.67 Å². The molecule has 0 aliphatic heterocycles. The zero-order chi connectivity index (χ0) is 17.8. The van der Waals surface area contributed by atoms with Crippen LogP contribution in [0.3, 0.4) is 0 Å². The lowest BCUT2D eigenvalue weighted by atomic mass is 10.0. The summed E-state index contributed by atoms with van der Waals surface area (Å²) in [6.07, 6.45) is 3.99. The van der Waals surface area contributed by atoms with Gasteiger partial charge in [0.2, 0.25) is 0 Å². The van der Waals surface area contributed by atoms with E-state index in [1.807, 2.05) is 18.2 Å². The lowest BCUT2D eigenvalue weighted by Crippen LogP contribution is -2.25. The van der Waals surface area contributed by atoms with E-state index in [1.165, 1.54) is 0 Å². The van der Waals surface area contributed by atoms with Gasteiger partial charge < -0.3 is 5.73 Å². The molecule has 0 saturated carbocycles. The second-order valence-corrected chi connectivity index (χ2v) is 5.69. The van der Waals surface area contributed by atoms with Crippen LogP contribution in [0, 0.1) is 17.5 Å². The maximum atomic E-state index is 13.6. The molecule has 25 heavy (non-hydrogen) atoms. The molecule has 0 aliphatic rings. The average Bonchev–Trinajstić information content (AvgIpc) is 3.08. The highest BCUT2D eigenvalue weighted by molar-refractivity contribution is 5.51. The zero-order valence-electron chi connectivity index (χ0n) is 13.2. The van der Waals surface area contributed by atoms with E-state index in [-0.39, 0.29) is 12.0 Å². The Labute approximate surface area is 142 Å². The van der Waals surface area contributed by atoms with Crippen molar-refractivity contribution in [2.75, 3.05) is 0 Å². The predicted octanol–water partition coefficient (Wildman–Crippen LogP) is 2.72. The van der Waals surface area contributed by atoms with Crippen molar-refractivity contribution < 1.29 is 13.2 Å². The maximum absolute atomic E-state index is 13.6. The predicted molar refractivity (Wildman–Crippen MR) is 85.9 cm³/mol. The number of pyridine rings is 1. The summed E-state index contributed by atoms with van der Waals surface area (Å²) in [4.78, 5) is 4.19. The van der Waals surface area contributed by atoms with E-state index < -0.39 is 23.5 Å². The Balaban J connectivity index is 1.59. The number of benzene rings is 1. The first-order valence-corrected chi connectivity index (χ1v) is 7.73. The van der Waals surface area contributed by atoms with Gasteiger partial charge >= 0.3 is 0 Å². The number of nitrogens with zero attached hydrogens (tertiary/aromatic N) is 4. The number of aromatic nitrogens is 4. The third-order valence-electron chi connectivity index (χ3n) is 3.77. The van der Waals surface area contributed by atoms with Gasteiger partial charge in [0.05, 0.1) is 11.9 Å². The lowest BCUT2D eigenvalue weighted by Gasteiger charge is -2.12. The SMILES string of the molecule is NC(CCn1cc(-c2ccccn2)nn1)Cc1cc(F)c(F)cc1F. The van der Waals surface area contributed by atoms with Crippen molar-refractivity contribution in [3.05, 3.63) is 65.7 Å². The topological polar surface area (TPSA) is 69.6 Å². The molecule has 130 valence electrons. The molecule has 8 heteroatoms. The van der Waals surface area contributed by atoms with Crippen LogP contribution < -0.4 is 5.73 Å². The molecule has 5 nitrogen and oxygen atoms in total. The molecule has 0 aliphatic carbocycles. The fourth-order valence-electron chi connectivity index (χ4n) is 2.44. The summed E-state index contributed by atoms with van der Waals surface area (Å²) < 4.78 is 41.4. The van der Waals surface area contributed by atoms with Crippen LogP contribution in [0.5, 0.6) is 0 Å². The van der Waals surface area contributed by atoms with Crippen LogP contribution >= 0.6 is 0 Å². The maximum Gasteiger partial charge on any atom is 0.161 e. The third kappa shape index (κ3) is 4.21. The van der Waals surface area contributed by atoms with Crippen molar-refractivity contribution >= 4 is 0 Å². The highest BCUT2D eigenvalue weighted by Gasteiger charge is 2.13. The van der Waals surface area contributed by atoms with E-state index in [4.69, 9.17) is 5.73 Å². The number of hydrogen-bond donors (Lipinski definition) is 1. The normalized spacial score (nSPS) is 12.3. The number of halogens is 3. The smallest absolute Gasteiger partial charge is 0.161 e. The minimum atomic E-state index is -1.21. The second-order valence-electron chi connectivity index (χ2n) is 5.69. The number of rotatable bonds is 6.